The Morgan fingerprint density at radius 3 is 2.41 bits per heavy atom. The molecule has 1 aliphatic rings. The Balaban J connectivity index is 1.45. The highest BCUT2D eigenvalue weighted by Crippen LogP contribution is 2.40. The summed E-state index contributed by atoms with van der Waals surface area (Å²) >= 11 is 5.67. The number of rotatable bonds is 9. The largest absolute Gasteiger partial charge is 0.478 e. The quantitative estimate of drug-likeness (QED) is 0.202. The number of carboxylic acids is 2. The van der Waals surface area contributed by atoms with Crippen LogP contribution in [0.1, 0.15) is 56.2 Å². The van der Waals surface area contributed by atoms with Crippen molar-refractivity contribution in [2.75, 3.05) is 11.9 Å². The number of aryl methyl sites for hydroxylation is 1. The second-order valence-corrected chi connectivity index (χ2v) is 9.99. The van der Waals surface area contributed by atoms with Gasteiger partial charge in [-0.05, 0) is 79.3 Å². The molecule has 0 bridgehead atoms. The van der Waals surface area contributed by atoms with E-state index in [2.05, 4.69) is 15.6 Å². The molecule has 4 N–H and O–H groups in total. The van der Waals surface area contributed by atoms with Crippen LogP contribution >= 0.6 is 12.2 Å². The molecule has 0 radical (unpaired) electrons. The summed E-state index contributed by atoms with van der Waals surface area (Å²) in [4.78, 5) is 42.4. The Morgan fingerprint density at radius 1 is 1.00 bits per heavy atom. The van der Waals surface area contributed by atoms with E-state index in [0.717, 1.165) is 11.6 Å². The average molecular weight is 571 g/mol. The second-order valence-electron chi connectivity index (χ2n) is 9.60. The van der Waals surface area contributed by atoms with Crippen molar-refractivity contribution in [1.82, 2.24) is 15.2 Å². The van der Waals surface area contributed by atoms with Gasteiger partial charge in [0.15, 0.2) is 5.11 Å². The number of anilines is 1. The van der Waals surface area contributed by atoms with Crippen molar-refractivity contribution in [1.29, 1.82) is 0 Å². The molecular formula is C30H26N4O6S. The lowest BCUT2D eigenvalue weighted by molar-refractivity contribution is -0.116. The molecule has 0 aliphatic carbocycles. The van der Waals surface area contributed by atoms with Gasteiger partial charge in [0, 0.05) is 30.4 Å². The van der Waals surface area contributed by atoms with E-state index in [1.807, 2.05) is 48.2 Å². The summed E-state index contributed by atoms with van der Waals surface area (Å²) in [6.07, 6.45) is 1.82. The van der Waals surface area contributed by atoms with E-state index >= 15 is 0 Å². The molecule has 5 rings (SSSR count). The van der Waals surface area contributed by atoms with E-state index in [4.69, 9.17) is 16.6 Å². The molecule has 0 saturated carbocycles. The number of thiocarbonyl (C=S) groups is 1. The minimum absolute atomic E-state index is 0.150. The minimum Gasteiger partial charge on any atom is -0.478 e. The molecule has 1 saturated heterocycles. The lowest BCUT2D eigenvalue weighted by Gasteiger charge is -2.25. The van der Waals surface area contributed by atoms with Crippen LogP contribution in [0, 0.1) is 6.92 Å². The predicted molar refractivity (Wildman–Crippen MR) is 155 cm³/mol. The monoisotopic (exact) mass is 570 g/mol. The Kier molecular flexibility index (Phi) is 7.79. The molecule has 10 nitrogen and oxygen atoms in total. The number of benzene rings is 2. The molecule has 1 fully saturated rings. The maximum Gasteiger partial charge on any atom is 0.335 e. The van der Waals surface area contributed by atoms with Gasteiger partial charge in [0.05, 0.1) is 22.9 Å². The van der Waals surface area contributed by atoms with Gasteiger partial charge in [0.2, 0.25) is 5.91 Å². The topological polar surface area (TPSA) is 145 Å². The van der Waals surface area contributed by atoms with E-state index in [-0.39, 0.29) is 30.0 Å². The number of carboxylic acid groups (broad SMARTS) is 2. The number of hydrogen-bond donors (Lipinski definition) is 4. The van der Waals surface area contributed by atoms with E-state index in [1.54, 1.807) is 24.4 Å². The number of nitrogens with zero attached hydrogens (tertiary/aromatic N) is 2. The van der Waals surface area contributed by atoms with Crippen LogP contribution in [0.15, 0.2) is 83.4 Å². The third kappa shape index (κ3) is 6.10. The fourth-order valence-corrected chi connectivity index (χ4v) is 5.14. The molecule has 0 spiro atoms. The maximum absolute atomic E-state index is 12.8. The third-order valence-corrected chi connectivity index (χ3v) is 7.06. The van der Waals surface area contributed by atoms with Crippen molar-refractivity contribution in [2.24, 2.45) is 0 Å². The van der Waals surface area contributed by atoms with Crippen molar-refractivity contribution >= 4 is 40.9 Å². The number of nitrogens with one attached hydrogen (secondary N) is 2. The Morgan fingerprint density at radius 2 is 1.76 bits per heavy atom. The van der Waals surface area contributed by atoms with Crippen molar-refractivity contribution in [3.63, 3.8) is 0 Å². The van der Waals surface area contributed by atoms with Gasteiger partial charge in [-0.1, -0.05) is 18.2 Å². The second kappa shape index (κ2) is 11.6. The van der Waals surface area contributed by atoms with Crippen LogP contribution in [0.5, 0.6) is 0 Å². The van der Waals surface area contributed by atoms with Gasteiger partial charge >= 0.3 is 11.9 Å². The molecule has 4 aromatic rings. The van der Waals surface area contributed by atoms with Gasteiger partial charge in [-0.3, -0.25) is 9.78 Å². The first-order valence-corrected chi connectivity index (χ1v) is 13.2. The van der Waals surface area contributed by atoms with Crippen LogP contribution < -0.4 is 10.6 Å². The van der Waals surface area contributed by atoms with Gasteiger partial charge in [-0.2, -0.15) is 0 Å². The molecular weight excluding hydrogens is 544 g/mol. The van der Waals surface area contributed by atoms with Crippen LogP contribution in [-0.4, -0.2) is 49.6 Å². The van der Waals surface area contributed by atoms with Crippen LogP contribution in [-0.2, 0) is 4.79 Å². The predicted octanol–water partition coefficient (Wildman–Crippen LogP) is 5.05. The van der Waals surface area contributed by atoms with Gasteiger partial charge in [0.1, 0.15) is 17.6 Å². The lowest BCUT2D eigenvalue weighted by atomic mass is 10.0. The average Bonchev–Trinajstić information content (AvgIpc) is 3.56. The first-order chi connectivity index (χ1) is 19.7. The van der Waals surface area contributed by atoms with E-state index in [9.17, 15) is 24.6 Å². The molecule has 2 aromatic heterocycles. The number of pyridine rings is 1. The first kappa shape index (κ1) is 27.5. The standard InChI is InChI=1S/C30H26N4O6S/c1-17-5-4-6-21(13-17)32-25(35)10-12-34-27(26(33-30(34)41)22-7-2-3-11-31-22)24-9-8-23(40-24)18-14-19(28(36)37)16-20(15-18)29(38)39/h2-9,11,13-16,26-27H,10,12H2,1H3,(H,32,35)(H,33,41)(H,36,37)(H,38,39). The molecule has 2 atom stereocenters. The van der Waals surface area contributed by atoms with Crippen molar-refractivity contribution in [3.05, 3.63) is 107 Å². The molecule has 1 amide bonds. The molecule has 41 heavy (non-hydrogen) atoms. The van der Waals surface area contributed by atoms with Crippen LogP contribution in [0.3, 0.4) is 0 Å². The summed E-state index contributed by atoms with van der Waals surface area (Å²) in [5.41, 5.74) is 2.42. The summed E-state index contributed by atoms with van der Waals surface area (Å²) in [6, 6.07) is 19.4. The van der Waals surface area contributed by atoms with Gasteiger partial charge < -0.3 is 30.2 Å². The Bertz CT molecular complexity index is 1600. The van der Waals surface area contributed by atoms with E-state index in [0.29, 0.717) is 33.6 Å². The van der Waals surface area contributed by atoms with Crippen molar-refractivity contribution < 1.29 is 29.0 Å². The fourth-order valence-electron chi connectivity index (χ4n) is 4.81. The highest BCUT2D eigenvalue weighted by atomic mass is 32.1. The summed E-state index contributed by atoms with van der Waals surface area (Å²) < 4.78 is 6.21. The number of furan rings is 1. The molecule has 1 aliphatic heterocycles. The number of hydrogen-bond acceptors (Lipinski definition) is 6. The van der Waals surface area contributed by atoms with Crippen molar-refractivity contribution in [3.8, 4) is 11.3 Å². The highest BCUT2D eigenvalue weighted by molar-refractivity contribution is 7.80. The van der Waals surface area contributed by atoms with Crippen LogP contribution in [0.4, 0.5) is 5.69 Å². The lowest BCUT2D eigenvalue weighted by Crippen LogP contribution is -2.32. The highest BCUT2D eigenvalue weighted by Gasteiger charge is 2.41. The van der Waals surface area contributed by atoms with Gasteiger partial charge in [-0.25, -0.2) is 9.59 Å². The zero-order chi connectivity index (χ0) is 29.1. The molecule has 2 unspecified atom stereocenters. The molecule has 2 aromatic carbocycles. The zero-order valence-electron chi connectivity index (χ0n) is 21.9. The zero-order valence-corrected chi connectivity index (χ0v) is 22.7. The number of amides is 1. The van der Waals surface area contributed by atoms with Gasteiger partial charge in [-0.15, -0.1) is 0 Å². The van der Waals surface area contributed by atoms with E-state index in [1.165, 1.54) is 12.1 Å². The Hall–Kier alpha value is -5.03. The number of aromatic nitrogens is 1. The normalized spacial score (nSPS) is 16.3. The first-order valence-electron chi connectivity index (χ1n) is 12.8. The number of carbonyl (C=O) groups excluding carboxylic acids is 1. The summed E-state index contributed by atoms with van der Waals surface area (Å²) in [5, 5.41) is 25.6. The van der Waals surface area contributed by atoms with E-state index < -0.39 is 24.0 Å². The smallest absolute Gasteiger partial charge is 0.335 e. The maximum atomic E-state index is 12.8. The van der Waals surface area contributed by atoms with Crippen LogP contribution in [0.25, 0.3) is 11.3 Å². The Labute approximate surface area is 240 Å². The fraction of sp³-hybridized carbons (Fsp3) is 0.167. The number of carbonyl (C=O) groups is 3. The summed E-state index contributed by atoms with van der Waals surface area (Å²) in [6.45, 7) is 2.23. The third-order valence-electron chi connectivity index (χ3n) is 6.71. The SMILES string of the molecule is Cc1cccc(NC(=O)CCN2C(=S)NC(c3ccccn3)C2c2ccc(-c3cc(C(=O)O)cc(C(=O)O)c3)o2)c1. The molecule has 208 valence electrons. The van der Waals surface area contributed by atoms with Crippen molar-refractivity contribution in [2.45, 2.75) is 25.4 Å². The molecule has 11 heteroatoms. The summed E-state index contributed by atoms with van der Waals surface area (Å²) in [7, 11) is 0. The minimum atomic E-state index is -1.25. The molecule has 3 heterocycles. The number of aromatic carboxylic acids is 2. The van der Waals surface area contributed by atoms with Gasteiger partial charge in [0.25, 0.3) is 0 Å². The summed E-state index contributed by atoms with van der Waals surface area (Å²) in [5.74, 6) is -1.90. The van der Waals surface area contributed by atoms with Crippen LogP contribution in [0.2, 0.25) is 0 Å².